The normalized spacial score (nSPS) is 18.4. The Labute approximate surface area is 84.7 Å². The summed E-state index contributed by atoms with van der Waals surface area (Å²) < 4.78 is 1.76. The third kappa shape index (κ3) is 2.80. The van der Waals surface area contributed by atoms with Crippen LogP contribution < -0.4 is 5.32 Å². The molecule has 1 heterocycles. The maximum absolute atomic E-state index is 4.08. The molecule has 1 atom stereocenters. The van der Waals surface area contributed by atoms with Gasteiger partial charge in [-0.2, -0.15) is 0 Å². The van der Waals surface area contributed by atoms with E-state index in [0.29, 0.717) is 5.92 Å². The van der Waals surface area contributed by atoms with Crippen molar-refractivity contribution in [1.82, 2.24) is 20.3 Å². The van der Waals surface area contributed by atoms with Crippen LogP contribution in [-0.2, 0) is 13.5 Å². The van der Waals surface area contributed by atoms with E-state index in [1.807, 2.05) is 13.2 Å². The molecule has 1 fully saturated rings. The van der Waals surface area contributed by atoms with Gasteiger partial charge in [0.05, 0.1) is 5.69 Å². The van der Waals surface area contributed by atoms with Gasteiger partial charge in [-0.25, -0.2) is 0 Å². The quantitative estimate of drug-likeness (QED) is 0.752. The van der Waals surface area contributed by atoms with E-state index in [2.05, 4.69) is 22.6 Å². The van der Waals surface area contributed by atoms with Gasteiger partial charge < -0.3 is 5.32 Å². The Morgan fingerprint density at radius 3 is 3.00 bits per heavy atom. The van der Waals surface area contributed by atoms with E-state index in [1.165, 1.54) is 12.8 Å². The Hall–Kier alpha value is -0.900. The summed E-state index contributed by atoms with van der Waals surface area (Å²) in [6.07, 6.45) is 5.73. The molecule has 0 radical (unpaired) electrons. The first-order valence-electron chi connectivity index (χ1n) is 5.32. The summed E-state index contributed by atoms with van der Waals surface area (Å²) in [5, 5.41) is 11.5. The van der Waals surface area contributed by atoms with Crippen LogP contribution >= 0.6 is 0 Å². The second kappa shape index (κ2) is 4.09. The van der Waals surface area contributed by atoms with E-state index < -0.39 is 0 Å². The van der Waals surface area contributed by atoms with Gasteiger partial charge >= 0.3 is 0 Å². The maximum atomic E-state index is 4.08. The van der Waals surface area contributed by atoms with E-state index in [0.717, 1.165) is 24.7 Å². The standard InChI is InChI=1S/C10H18N4/c1-8(6-11-9-3-4-9)5-10-7-14(2)13-12-10/h7-9,11H,3-6H2,1-2H3. The van der Waals surface area contributed by atoms with Gasteiger partial charge in [0.2, 0.25) is 0 Å². The lowest BCUT2D eigenvalue weighted by molar-refractivity contribution is 0.504. The van der Waals surface area contributed by atoms with Crippen molar-refractivity contribution in [3.63, 3.8) is 0 Å². The van der Waals surface area contributed by atoms with E-state index in [1.54, 1.807) is 4.68 Å². The molecule has 0 aromatic carbocycles. The van der Waals surface area contributed by atoms with Crippen LogP contribution in [0.15, 0.2) is 6.20 Å². The van der Waals surface area contributed by atoms with Crippen molar-refractivity contribution in [3.05, 3.63) is 11.9 Å². The maximum Gasteiger partial charge on any atom is 0.0830 e. The highest BCUT2D eigenvalue weighted by Gasteiger charge is 2.20. The number of rotatable bonds is 5. The highest BCUT2D eigenvalue weighted by atomic mass is 15.4. The van der Waals surface area contributed by atoms with Crippen LogP contribution in [-0.4, -0.2) is 27.6 Å². The van der Waals surface area contributed by atoms with Crippen LogP contribution in [0.5, 0.6) is 0 Å². The summed E-state index contributed by atoms with van der Waals surface area (Å²) in [6.45, 7) is 3.35. The SMILES string of the molecule is CC(CNC1CC1)Cc1cn(C)nn1. The number of hydrogen-bond donors (Lipinski definition) is 1. The molecular formula is C10H18N4. The van der Waals surface area contributed by atoms with E-state index >= 15 is 0 Å². The molecule has 4 nitrogen and oxygen atoms in total. The molecule has 0 aliphatic heterocycles. The second-order valence-corrected chi connectivity index (χ2v) is 4.38. The summed E-state index contributed by atoms with van der Waals surface area (Å²) in [4.78, 5) is 0. The number of hydrogen-bond acceptors (Lipinski definition) is 3. The fourth-order valence-corrected chi connectivity index (χ4v) is 1.57. The average Bonchev–Trinajstić information content (AvgIpc) is 2.88. The fraction of sp³-hybridized carbons (Fsp3) is 0.800. The molecule has 0 spiro atoms. The van der Waals surface area contributed by atoms with Gasteiger partial charge in [0.1, 0.15) is 0 Å². The Balaban J connectivity index is 1.72. The van der Waals surface area contributed by atoms with Crippen molar-refractivity contribution in [2.24, 2.45) is 13.0 Å². The molecule has 2 rings (SSSR count). The molecule has 4 heteroatoms. The van der Waals surface area contributed by atoms with Gasteiger partial charge in [-0.15, -0.1) is 5.10 Å². The van der Waals surface area contributed by atoms with Gasteiger partial charge in [0.15, 0.2) is 0 Å². The lowest BCUT2D eigenvalue weighted by Crippen LogP contribution is -2.24. The van der Waals surface area contributed by atoms with Crippen LogP contribution in [0, 0.1) is 5.92 Å². The van der Waals surface area contributed by atoms with Gasteiger partial charge in [0.25, 0.3) is 0 Å². The zero-order valence-corrected chi connectivity index (χ0v) is 8.90. The lowest BCUT2D eigenvalue weighted by atomic mass is 10.1. The predicted octanol–water partition coefficient (Wildman–Crippen LogP) is 0.746. The lowest BCUT2D eigenvalue weighted by Gasteiger charge is -2.09. The van der Waals surface area contributed by atoms with Gasteiger partial charge in [-0.3, -0.25) is 4.68 Å². The van der Waals surface area contributed by atoms with E-state index in [-0.39, 0.29) is 0 Å². The minimum absolute atomic E-state index is 0.646. The topological polar surface area (TPSA) is 42.7 Å². The van der Waals surface area contributed by atoms with Crippen molar-refractivity contribution in [3.8, 4) is 0 Å². The highest BCUT2D eigenvalue weighted by molar-refractivity contribution is 4.94. The first-order chi connectivity index (χ1) is 6.74. The molecule has 1 aromatic heterocycles. The number of nitrogens with one attached hydrogen (secondary N) is 1. The minimum atomic E-state index is 0.646. The molecule has 0 saturated heterocycles. The number of aromatic nitrogens is 3. The minimum Gasteiger partial charge on any atom is -0.314 e. The smallest absolute Gasteiger partial charge is 0.0830 e. The molecule has 1 aromatic rings. The van der Waals surface area contributed by atoms with Crippen molar-refractivity contribution in [2.45, 2.75) is 32.2 Å². The number of aryl methyl sites for hydroxylation is 1. The van der Waals surface area contributed by atoms with Gasteiger partial charge in [-0.05, 0) is 31.7 Å². The predicted molar refractivity (Wildman–Crippen MR) is 54.9 cm³/mol. The Morgan fingerprint density at radius 2 is 2.43 bits per heavy atom. The summed E-state index contributed by atoms with van der Waals surface area (Å²) in [5.41, 5.74) is 1.09. The summed E-state index contributed by atoms with van der Waals surface area (Å²) in [5.74, 6) is 0.646. The van der Waals surface area contributed by atoms with Crippen LogP contribution in [0.2, 0.25) is 0 Å². The Kier molecular flexibility index (Phi) is 2.82. The zero-order valence-electron chi connectivity index (χ0n) is 8.90. The van der Waals surface area contributed by atoms with E-state index in [9.17, 15) is 0 Å². The summed E-state index contributed by atoms with van der Waals surface area (Å²) in [6, 6.07) is 0.805. The third-order valence-electron chi connectivity index (χ3n) is 2.54. The summed E-state index contributed by atoms with van der Waals surface area (Å²) >= 11 is 0. The Morgan fingerprint density at radius 1 is 1.64 bits per heavy atom. The first-order valence-corrected chi connectivity index (χ1v) is 5.32. The molecule has 78 valence electrons. The van der Waals surface area contributed by atoms with E-state index in [4.69, 9.17) is 0 Å². The van der Waals surface area contributed by atoms with Crippen molar-refractivity contribution in [1.29, 1.82) is 0 Å². The molecule has 0 bridgehead atoms. The van der Waals surface area contributed by atoms with Crippen LogP contribution in [0.3, 0.4) is 0 Å². The monoisotopic (exact) mass is 194 g/mol. The largest absolute Gasteiger partial charge is 0.314 e. The molecule has 1 aliphatic carbocycles. The highest BCUT2D eigenvalue weighted by Crippen LogP contribution is 2.19. The average molecular weight is 194 g/mol. The fourth-order valence-electron chi connectivity index (χ4n) is 1.57. The van der Waals surface area contributed by atoms with Gasteiger partial charge in [-0.1, -0.05) is 12.1 Å². The van der Waals surface area contributed by atoms with Crippen molar-refractivity contribution in [2.75, 3.05) is 6.54 Å². The second-order valence-electron chi connectivity index (χ2n) is 4.38. The van der Waals surface area contributed by atoms with Gasteiger partial charge in [0, 0.05) is 19.3 Å². The van der Waals surface area contributed by atoms with Crippen LogP contribution in [0.4, 0.5) is 0 Å². The Bertz CT molecular complexity index is 290. The number of nitrogens with zero attached hydrogens (tertiary/aromatic N) is 3. The van der Waals surface area contributed by atoms with Crippen molar-refractivity contribution < 1.29 is 0 Å². The molecule has 1 aliphatic rings. The molecular weight excluding hydrogens is 176 g/mol. The molecule has 1 N–H and O–H groups in total. The molecule has 1 saturated carbocycles. The van der Waals surface area contributed by atoms with Crippen LogP contribution in [0.1, 0.15) is 25.5 Å². The summed E-state index contributed by atoms with van der Waals surface area (Å²) in [7, 11) is 1.91. The first kappa shape index (κ1) is 9.65. The van der Waals surface area contributed by atoms with Crippen LogP contribution in [0.25, 0.3) is 0 Å². The zero-order chi connectivity index (χ0) is 9.97. The molecule has 0 amide bonds. The molecule has 1 unspecified atom stereocenters. The molecule has 14 heavy (non-hydrogen) atoms. The third-order valence-corrected chi connectivity index (χ3v) is 2.54. The van der Waals surface area contributed by atoms with Crippen molar-refractivity contribution >= 4 is 0 Å².